The summed E-state index contributed by atoms with van der Waals surface area (Å²) in [7, 11) is 3.10. The Morgan fingerprint density at radius 1 is 1.27 bits per heavy atom. The van der Waals surface area contributed by atoms with Gasteiger partial charge in [0.1, 0.15) is 10.8 Å². The van der Waals surface area contributed by atoms with Crippen LogP contribution < -0.4 is 5.32 Å². The Bertz CT molecular complexity index is 1080. The average Bonchev–Trinajstić information content (AvgIpc) is 3.25. The van der Waals surface area contributed by atoms with Gasteiger partial charge in [0.05, 0.1) is 18.4 Å². The molecule has 0 atom stereocenters. The van der Waals surface area contributed by atoms with Crippen molar-refractivity contribution in [1.29, 1.82) is 0 Å². The van der Waals surface area contributed by atoms with Crippen LogP contribution in [0, 0.1) is 12.7 Å². The zero-order valence-corrected chi connectivity index (χ0v) is 18.6. The molecule has 1 amide bonds. The molecule has 0 radical (unpaired) electrons. The van der Waals surface area contributed by atoms with Crippen LogP contribution in [-0.4, -0.2) is 39.5 Å². The first kappa shape index (κ1) is 22.0. The van der Waals surface area contributed by atoms with Crippen LogP contribution in [0.5, 0.6) is 0 Å². The molecule has 10 heteroatoms. The zero-order chi connectivity index (χ0) is 21.8. The van der Waals surface area contributed by atoms with E-state index >= 15 is 0 Å². The molecular formula is C20H21FN4O3S2. The van der Waals surface area contributed by atoms with Crippen molar-refractivity contribution in [3.8, 4) is 11.4 Å². The predicted molar refractivity (Wildman–Crippen MR) is 116 cm³/mol. The Kier molecular flexibility index (Phi) is 6.88. The molecule has 0 aliphatic carbocycles. The second kappa shape index (κ2) is 9.40. The van der Waals surface area contributed by atoms with E-state index in [2.05, 4.69) is 15.5 Å². The van der Waals surface area contributed by atoms with Gasteiger partial charge in [-0.2, -0.15) is 0 Å². The van der Waals surface area contributed by atoms with Gasteiger partial charge in [-0.3, -0.25) is 4.79 Å². The first-order chi connectivity index (χ1) is 14.3. The van der Waals surface area contributed by atoms with Crippen LogP contribution in [0.4, 0.5) is 9.39 Å². The van der Waals surface area contributed by atoms with Gasteiger partial charge in [0, 0.05) is 17.5 Å². The third kappa shape index (κ3) is 4.54. The Morgan fingerprint density at radius 3 is 2.60 bits per heavy atom. The standard InChI is InChI=1S/C20H21FN4O3S2/c1-5-14-11(2)30-18(16(14)19(27)28-4)22-15(26)10-29-20-24-23-17(25(20)3)12-6-8-13(21)9-7-12/h6-9H,5,10H2,1-4H3,(H,22,26). The molecule has 1 N–H and O–H groups in total. The number of thiophene rings is 1. The van der Waals surface area contributed by atoms with Gasteiger partial charge in [0.2, 0.25) is 5.91 Å². The molecule has 3 rings (SSSR count). The van der Waals surface area contributed by atoms with Crippen molar-refractivity contribution in [3.63, 3.8) is 0 Å². The van der Waals surface area contributed by atoms with Crippen LogP contribution in [0.2, 0.25) is 0 Å². The first-order valence-electron chi connectivity index (χ1n) is 9.14. The van der Waals surface area contributed by atoms with E-state index in [1.165, 1.54) is 42.3 Å². The number of thioether (sulfide) groups is 1. The Balaban J connectivity index is 1.70. The lowest BCUT2D eigenvalue weighted by atomic mass is 10.1. The minimum Gasteiger partial charge on any atom is -0.465 e. The number of nitrogens with one attached hydrogen (secondary N) is 1. The van der Waals surface area contributed by atoms with E-state index in [-0.39, 0.29) is 17.5 Å². The van der Waals surface area contributed by atoms with Gasteiger partial charge in [-0.25, -0.2) is 9.18 Å². The first-order valence-corrected chi connectivity index (χ1v) is 10.9. The number of ether oxygens (including phenoxy) is 1. The largest absolute Gasteiger partial charge is 0.465 e. The quantitative estimate of drug-likeness (QED) is 0.433. The minimum absolute atomic E-state index is 0.0917. The maximum atomic E-state index is 13.1. The SMILES string of the molecule is CCc1c(C)sc(NC(=O)CSc2nnc(-c3ccc(F)cc3)n2C)c1C(=O)OC. The van der Waals surface area contributed by atoms with E-state index in [0.29, 0.717) is 28.0 Å². The van der Waals surface area contributed by atoms with E-state index < -0.39 is 5.97 Å². The monoisotopic (exact) mass is 448 g/mol. The predicted octanol–water partition coefficient (Wildman–Crippen LogP) is 4.07. The summed E-state index contributed by atoms with van der Waals surface area (Å²) in [5.74, 6) is -0.383. The number of hydrogen-bond donors (Lipinski definition) is 1. The number of methoxy groups -OCH3 is 1. The van der Waals surface area contributed by atoms with E-state index in [1.54, 1.807) is 23.7 Å². The highest BCUT2D eigenvalue weighted by Crippen LogP contribution is 2.34. The highest BCUT2D eigenvalue weighted by atomic mass is 32.2. The van der Waals surface area contributed by atoms with Crippen molar-refractivity contribution in [2.75, 3.05) is 18.2 Å². The maximum absolute atomic E-state index is 13.1. The van der Waals surface area contributed by atoms with Crippen molar-refractivity contribution in [2.45, 2.75) is 25.4 Å². The minimum atomic E-state index is -0.462. The maximum Gasteiger partial charge on any atom is 0.341 e. The number of aromatic nitrogens is 3. The molecule has 0 spiro atoms. The van der Waals surface area contributed by atoms with Gasteiger partial charge < -0.3 is 14.6 Å². The number of nitrogens with zero attached hydrogens (tertiary/aromatic N) is 3. The molecule has 0 fully saturated rings. The van der Waals surface area contributed by atoms with Crippen LogP contribution >= 0.6 is 23.1 Å². The molecule has 7 nitrogen and oxygen atoms in total. The fourth-order valence-electron chi connectivity index (χ4n) is 2.99. The molecule has 30 heavy (non-hydrogen) atoms. The Labute approximate surface area is 181 Å². The Hall–Kier alpha value is -2.72. The topological polar surface area (TPSA) is 86.1 Å². The number of esters is 1. The molecule has 0 aliphatic heterocycles. The molecule has 2 heterocycles. The third-order valence-electron chi connectivity index (χ3n) is 4.47. The van der Waals surface area contributed by atoms with Crippen LogP contribution in [0.25, 0.3) is 11.4 Å². The van der Waals surface area contributed by atoms with E-state index in [9.17, 15) is 14.0 Å². The van der Waals surface area contributed by atoms with Crippen molar-refractivity contribution in [2.24, 2.45) is 7.05 Å². The van der Waals surface area contributed by atoms with Gasteiger partial charge in [-0.1, -0.05) is 18.7 Å². The second-order valence-electron chi connectivity index (χ2n) is 6.40. The molecule has 0 bridgehead atoms. The summed E-state index contributed by atoms with van der Waals surface area (Å²) in [6.07, 6.45) is 0.669. The average molecular weight is 449 g/mol. The molecule has 0 saturated carbocycles. The number of carbonyl (C=O) groups is 2. The second-order valence-corrected chi connectivity index (χ2v) is 8.56. The van der Waals surface area contributed by atoms with E-state index in [4.69, 9.17) is 4.74 Å². The highest BCUT2D eigenvalue weighted by molar-refractivity contribution is 7.99. The summed E-state index contributed by atoms with van der Waals surface area (Å²) >= 11 is 2.58. The summed E-state index contributed by atoms with van der Waals surface area (Å²) in [6, 6.07) is 5.96. The number of aryl methyl sites for hydroxylation is 1. The lowest BCUT2D eigenvalue weighted by molar-refractivity contribution is -0.113. The number of benzene rings is 1. The summed E-state index contributed by atoms with van der Waals surface area (Å²) < 4.78 is 19.8. The number of hydrogen-bond acceptors (Lipinski definition) is 7. The van der Waals surface area contributed by atoms with E-state index in [1.807, 2.05) is 13.8 Å². The summed E-state index contributed by atoms with van der Waals surface area (Å²) in [6.45, 7) is 3.87. The molecule has 0 saturated heterocycles. The number of amides is 1. The van der Waals surface area contributed by atoms with Gasteiger partial charge in [0.25, 0.3) is 0 Å². The Morgan fingerprint density at radius 2 is 1.97 bits per heavy atom. The fraction of sp³-hybridized carbons (Fsp3) is 0.300. The molecule has 0 unspecified atom stereocenters. The normalized spacial score (nSPS) is 10.8. The molecule has 0 aliphatic rings. The third-order valence-corrected chi connectivity index (χ3v) is 6.56. The summed E-state index contributed by atoms with van der Waals surface area (Å²) in [5.41, 5.74) is 2.02. The molecule has 158 valence electrons. The lowest BCUT2D eigenvalue weighted by Crippen LogP contribution is -2.16. The van der Waals surface area contributed by atoms with Crippen molar-refractivity contribution in [1.82, 2.24) is 14.8 Å². The summed E-state index contributed by atoms with van der Waals surface area (Å²) in [5, 5.41) is 12.1. The highest BCUT2D eigenvalue weighted by Gasteiger charge is 2.23. The number of halogens is 1. The smallest absolute Gasteiger partial charge is 0.341 e. The van der Waals surface area contributed by atoms with Crippen LogP contribution in [0.15, 0.2) is 29.4 Å². The van der Waals surface area contributed by atoms with E-state index in [0.717, 1.165) is 16.0 Å². The van der Waals surface area contributed by atoms with Crippen LogP contribution in [0.1, 0.15) is 27.7 Å². The van der Waals surface area contributed by atoms with Gasteiger partial charge in [0.15, 0.2) is 11.0 Å². The van der Waals surface area contributed by atoms with Crippen molar-refractivity contribution in [3.05, 3.63) is 46.1 Å². The lowest BCUT2D eigenvalue weighted by Gasteiger charge is -2.07. The molecule has 3 aromatic rings. The zero-order valence-electron chi connectivity index (χ0n) is 17.0. The van der Waals surface area contributed by atoms with Crippen molar-refractivity contribution < 1.29 is 18.7 Å². The van der Waals surface area contributed by atoms with Crippen molar-refractivity contribution >= 4 is 40.0 Å². The molecular weight excluding hydrogens is 427 g/mol. The number of rotatable bonds is 7. The van der Waals surface area contributed by atoms with Crippen LogP contribution in [-0.2, 0) is 23.0 Å². The van der Waals surface area contributed by atoms with Gasteiger partial charge in [-0.15, -0.1) is 21.5 Å². The molecule has 1 aromatic carbocycles. The number of anilines is 1. The molecule has 2 aromatic heterocycles. The van der Waals surface area contributed by atoms with Gasteiger partial charge in [-0.05, 0) is 43.2 Å². The van der Waals surface area contributed by atoms with Gasteiger partial charge >= 0.3 is 5.97 Å². The fourth-order valence-corrected chi connectivity index (χ4v) is 4.85. The number of carbonyl (C=O) groups excluding carboxylic acids is 2. The summed E-state index contributed by atoms with van der Waals surface area (Å²) in [4.78, 5) is 25.7. The van der Waals surface area contributed by atoms with Crippen LogP contribution in [0.3, 0.4) is 0 Å².